The van der Waals surface area contributed by atoms with E-state index < -0.39 is 0 Å². The minimum absolute atomic E-state index is 0.324. The van der Waals surface area contributed by atoms with Crippen LogP contribution < -0.4 is 5.32 Å². The van der Waals surface area contributed by atoms with E-state index in [0.29, 0.717) is 6.04 Å². The van der Waals surface area contributed by atoms with Gasteiger partial charge in [-0.3, -0.25) is 0 Å². The highest BCUT2D eigenvalue weighted by molar-refractivity contribution is 5.82. The Morgan fingerprint density at radius 1 is 0.853 bits per heavy atom. The monoisotopic (exact) mass is 447 g/mol. The summed E-state index contributed by atoms with van der Waals surface area (Å²) in [6.45, 7) is 6.61. The van der Waals surface area contributed by atoms with Crippen LogP contribution in [0.1, 0.15) is 60.9 Å². The van der Waals surface area contributed by atoms with Crippen LogP contribution in [-0.4, -0.2) is 6.04 Å². The topological polar surface area (TPSA) is 12.0 Å². The SMILES string of the molecule is CCCc1ccc(C(=CC2=CCC(Nc3ccc(C)cc3)C=C2)c2cccc(CCC)c2)cc1. The van der Waals surface area contributed by atoms with Crippen molar-refractivity contribution in [1.82, 2.24) is 0 Å². The number of nitrogens with one attached hydrogen (secondary N) is 1. The number of hydrogen-bond donors (Lipinski definition) is 1. The third-order valence-electron chi connectivity index (χ3n) is 6.42. The summed E-state index contributed by atoms with van der Waals surface area (Å²) in [5.41, 5.74) is 10.4. The van der Waals surface area contributed by atoms with Crippen LogP contribution >= 0.6 is 0 Å². The molecule has 174 valence electrons. The highest BCUT2D eigenvalue weighted by Crippen LogP contribution is 2.28. The van der Waals surface area contributed by atoms with Crippen LogP contribution in [0.4, 0.5) is 5.69 Å². The van der Waals surface area contributed by atoms with Gasteiger partial charge in [-0.2, -0.15) is 0 Å². The van der Waals surface area contributed by atoms with Crippen molar-refractivity contribution >= 4 is 11.3 Å². The van der Waals surface area contributed by atoms with Crippen LogP contribution in [0.15, 0.2) is 103 Å². The molecule has 4 rings (SSSR count). The highest BCUT2D eigenvalue weighted by atomic mass is 14.9. The van der Waals surface area contributed by atoms with Gasteiger partial charge in [-0.05, 0) is 77.8 Å². The number of aryl methyl sites for hydroxylation is 3. The molecular weight excluding hydrogens is 410 g/mol. The Morgan fingerprint density at radius 3 is 2.26 bits per heavy atom. The molecule has 1 heteroatoms. The molecule has 0 aliphatic heterocycles. The van der Waals surface area contributed by atoms with Crippen LogP contribution in [0.5, 0.6) is 0 Å². The average Bonchev–Trinajstić information content (AvgIpc) is 2.86. The van der Waals surface area contributed by atoms with E-state index in [4.69, 9.17) is 0 Å². The van der Waals surface area contributed by atoms with E-state index >= 15 is 0 Å². The summed E-state index contributed by atoms with van der Waals surface area (Å²) in [5, 5.41) is 3.63. The van der Waals surface area contributed by atoms with Gasteiger partial charge in [-0.15, -0.1) is 0 Å². The van der Waals surface area contributed by atoms with Crippen molar-refractivity contribution in [3.8, 4) is 0 Å². The van der Waals surface area contributed by atoms with Gasteiger partial charge in [0, 0.05) is 11.7 Å². The smallest absolute Gasteiger partial charge is 0.0482 e. The van der Waals surface area contributed by atoms with Crippen LogP contribution in [-0.2, 0) is 12.8 Å². The lowest BCUT2D eigenvalue weighted by atomic mass is 9.91. The first-order chi connectivity index (χ1) is 16.6. The molecule has 0 radical (unpaired) electrons. The van der Waals surface area contributed by atoms with Gasteiger partial charge >= 0.3 is 0 Å². The zero-order chi connectivity index (χ0) is 23.8. The molecule has 0 saturated carbocycles. The zero-order valence-electron chi connectivity index (χ0n) is 20.9. The van der Waals surface area contributed by atoms with Crippen molar-refractivity contribution < 1.29 is 0 Å². The first-order valence-corrected chi connectivity index (χ1v) is 12.8. The molecule has 1 N–H and O–H groups in total. The third-order valence-corrected chi connectivity index (χ3v) is 6.42. The quantitative estimate of drug-likeness (QED) is 0.346. The van der Waals surface area contributed by atoms with Gasteiger partial charge in [-0.25, -0.2) is 0 Å². The Bertz CT molecular complexity index is 1160. The molecule has 0 saturated heterocycles. The lowest BCUT2D eigenvalue weighted by Gasteiger charge is -2.19. The van der Waals surface area contributed by atoms with E-state index in [0.717, 1.165) is 25.7 Å². The molecule has 0 heterocycles. The van der Waals surface area contributed by atoms with Crippen molar-refractivity contribution in [3.63, 3.8) is 0 Å². The maximum absolute atomic E-state index is 3.63. The number of benzene rings is 3. The molecule has 3 aromatic carbocycles. The Hall–Kier alpha value is -3.32. The lowest BCUT2D eigenvalue weighted by Crippen LogP contribution is -2.17. The third kappa shape index (κ3) is 6.38. The second-order valence-corrected chi connectivity index (χ2v) is 9.37. The summed E-state index contributed by atoms with van der Waals surface area (Å²) in [5.74, 6) is 0. The van der Waals surface area contributed by atoms with Crippen molar-refractivity contribution in [3.05, 3.63) is 130 Å². The van der Waals surface area contributed by atoms with Crippen molar-refractivity contribution in [1.29, 1.82) is 0 Å². The molecule has 3 aromatic rings. The van der Waals surface area contributed by atoms with E-state index in [1.54, 1.807) is 0 Å². The fourth-order valence-electron chi connectivity index (χ4n) is 4.54. The molecule has 34 heavy (non-hydrogen) atoms. The second-order valence-electron chi connectivity index (χ2n) is 9.37. The number of anilines is 1. The molecular formula is C33H37N. The second kappa shape index (κ2) is 11.7. The number of allylic oxidation sites excluding steroid dienone is 3. The summed E-state index contributed by atoms with van der Waals surface area (Å²) >= 11 is 0. The van der Waals surface area contributed by atoms with Gasteiger partial charge in [0.25, 0.3) is 0 Å². The normalized spacial score (nSPS) is 15.8. The van der Waals surface area contributed by atoms with Crippen LogP contribution in [0, 0.1) is 6.92 Å². The van der Waals surface area contributed by atoms with Crippen molar-refractivity contribution in [2.75, 3.05) is 5.32 Å². The van der Waals surface area contributed by atoms with E-state index in [2.05, 4.69) is 123 Å². The fourth-order valence-corrected chi connectivity index (χ4v) is 4.54. The van der Waals surface area contributed by atoms with Gasteiger partial charge < -0.3 is 5.32 Å². The molecule has 1 unspecified atom stereocenters. The van der Waals surface area contributed by atoms with Gasteiger partial charge in [-0.1, -0.05) is 111 Å². The van der Waals surface area contributed by atoms with Crippen molar-refractivity contribution in [2.45, 2.75) is 58.9 Å². The molecule has 0 aromatic heterocycles. The number of hydrogen-bond acceptors (Lipinski definition) is 1. The largest absolute Gasteiger partial charge is 0.379 e. The maximum Gasteiger partial charge on any atom is 0.0482 e. The molecule has 1 aliphatic rings. The highest BCUT2D eigenvalue weighted by Gasteiger charge is 2.11. The molecule has 0 spiro atoms. The first-order valence-electron chi connectivity index (χ1n) is 12.8. The summed E-state index contributed by atoms with van der Waals surface area (Å²) in [6, 6.07) is 27.2. The summed E-state index contributed by atoms with van der Waals surface area (Å²) < 4.78 is 0. The predicted octanol–water partition coefficient (Wildman–Crippen LogP) is 8.70. The first kappa shape index (κ1) is 23.8. The van der Waals surface area contributed by atoms with E-state index in [-0.39, 0.29) is 0 Å². The van der Waals surface area contributed by atoms with Crippen molar-refractivity contribution in [2.24, 2.45) is 0 Å². The zero-order valence-corrected chi connectivity index (χ0v) is 20.9. The summed E-state index contributed by atoms with van der Waals surface area (Å²) in [4.78, 5) is 0. The Kier molecular flexibility index (Phi) is 8.20. The maximum atomic E-state index is 3.63. The lowest BCUT2D eigenvalue weighted by molar-refractivity contribution is 0.877. The standard InChI is InChI=1S/C33H37N/c1-4-7-26-13-17-29(18-14-26)33(30-10-6-9-27(23-30)8-5-2)24-28-15-21-32(22-16-28)34-31-19-11-25(3)12-20-31/h6,9-21,23-24,32,34H,4-5,7-8,22H2,1-3H3. The Labute approximate surface area is 205 Å². The molecule has 1 aliphatic carbocycles. The number of rotatable bonds is 9. The summed E-state index contributed by atoms with van der Waals surface area (Å²) in [7, 11) is 0. The summed E-state index contributed by atoms with van der Waals surface area (Å²) in [6.07, 6.45) is 14.8. The molecule has 1 atom stereocenters. The van der Waals surface area contributed by atoms with Gasteiger partial charge in [0.2, 0.25) is 0 Å². The van der Waals surface area contributed by atoms with E-state index in [1.165, 1.54) is 51.1 Å². The van der Waals surface area contributed by atoms with Crippen LogP contribution in [0.2, 0.25) is 0 Å². The average molecular weight is 448 g/mol. The van der Waals surface area contributed by atoms with Gasteiger partial charge in [0.1, 0.15) is 0 Å². The fraction of sp³-hybridized carbons (Fsp3) is 0.273. The van der Waals surface area contributed by atoms with E-state index in [9.17, 15) is 0 Å². The Balaban J connectivity index is 1.59. The molecule has 0 amide bonds. The minimum Gasteiger partial charge on any atom is -0.379 e. The molecule has 1 nitrogen and oxygen atoms in total. The van der Waals surface area contributed by atoms with Gasteiger partial charge in [0.15, 0.2) is 0 Å². The van der Waals surface area contributed by atoms with Crippen LogP contribution in [0.25, 0.3) is 5.57 Å². The Morgan fingerprint density at radius 2 is 1.59 bits per heavy atom. The predicted molar refractivity (Wildman–Crippen MR) is 148 cm³/mol. The van der Waals surface area contributed by atoms with Gasteiger partial charge in [0.05, 0.1) is 0 Å². The molecule has 0 fully saturated rings. The molecule has 0 bridgehead atoms. The minimum atomic E-state index is 0.324. The van der Waals surface area contributed by atoms with Crippen LogP contribution in [0.3, 0.4) is 0 Å². The van der Waals surface area contributed by atoms with E-state index in [1.807, 2.05) is 0 Å².